The third-order valence-electron chi connectivity index (χ3n) is 2.67. The minimum absolute atomic E-state index is 1.05. The van der Waals surface area contributed by atoms with Crippen LogP contribution in [-0.4, -0.2) is 6.54 Å². The first kappa shape index (κ1) is 13.3. The summed E-state index contributed by atoms with van der Waals surface area (Å²) < 4.78 is 1.17. The monoisotopic (exact) mass is 281 g/mol. The van der Waals surface area contributed by atoms with E-state index in [0.717, 1.165) is 13.0 Å². The van der Waals surface area contributed by atoms with E-state index in [0.29, 0.717) is 0 Å². The van der Waals surface area contributed by atoms with Crippen molar-refractivity contribution in [2.45, 2.75) is 32.6 Å². The van der Waals surface area contributed by atoms with Crippen LogP contribution in [0.25, 0.3) is 0 Å². The Kier molecular flexibility index (Phi) is 6.24. The molecule has 0 bridgehead atoms. The molecule has 0 aliphatic rings. The smallest absolute Gasteiger partial charge is 0.0381 e. The summed E-state index contributed by atoms with van der Waals surface area (Å²) in [5.41, 5.74) is 2.52. The van der Waals surface area contributed by atoms with Gasteiger partial charge in [-0.15, -0.1) is 6.58 Å². The standard InChI is InChI=1S/C14H20BrN/c1-3-4-5-6-7-11-16-14-10-8-9-13(15)12(14)2/h3,8-10,16H,1,4-7,11H2,2H3. The second-order valence-electron chi connectivity index (χ2n) is 3.98. The van der Waals surface area contributed by atoms with Gasteiger partial charge in [-0.2, -0.15) is 0 Å². The molecule has 1 rings (SSSR count). The normalized spacial score (nSPS) is 10.1. The van der Waals surface area contributed by atoms with Crippen molar-refractivity contribution in [3.8, 4) is 0 Å². The average molecular weight is 282 g/mol. The first-order valence-corrected chi connectivity index (χ1v) is 6.65. The maximum Gasteiger partial charge on any atom is 0.0381 e. The third kappa shape index (κ3) is 4.40. The molecule has 88 valence electrons. The van der Waals surface area contributed by atoms with E-state index < -0.39 is 0 Å². The van der Waals surface area contributed by atoms with Crippen molar-refractivity contribution in [3.05, 3.63) is 40.9 Å². The van der Waals surface area contributed by atoms with Gasteiger partial charge < -0.3 is 5.32 Å². The molecule has 0 fully saturated rings. The van der Waals surface area contributed by atoms with Crippen molar-refractivity contribution in [3.63, 3.8) is 0 Å². The Bertz CT molecular complexity index is 334. The fraction of sp³-hybridized carbons (Fsp3) is 0.429. The highest BCUT2D eigenvalue weighted by atomic mass is 79.9. The second kappa shape index (κ2) is 7.50. The Labute approximate surface area is 107 Å². The highest BCUT2D eigenvalue weighted by Crippen LogP contribution is 2.23. The van der Waals surface area contributed by atoms with Crippen LogP contribution in [0.5, 0.6) is 0 Å². The van der Waals surface area contributed by atoms with Crippen molar-refractivity contribution < 1.29 is 0 Å². The first-order valence-electron chi connectivity index (χ1n) is 5.85. The van der Waals surface area contributed by atoms with Gasteiger partial charge in [-0.1, -0.05) is 34.5 Å². The summed E-state index contributed by atoms with van der Waals surface area (Å²) in [6.45, 7) is 6.91. The van der Waals surface area contributed by atoms with Crippen LogP contribution in [-0.2, 0) is 0 Å². The molecule has 0 heterocycles. The quantitative estimate of drug-likeness (QED) is 0.553. The van der Waals surface area contributed by atoms with Crippen LogP contribution in [0.3, 0.4) is 0 Å². The molecule has 0 atom stereocenters. The summed E-state index contributed by atoms with van der Waals surface area (Å²) in [5, 5.41) is 3.47. The lowest BCUT2D eigenvalue weighted by Crippen LogP contribution is -2.02. The predicted octanol–water partition coefficient (Wildman–Crippen LogP) is 4.92. The molecule has 0 saturated carbocycles. The Balaban J connectivity index is 2.26. The third-order valence-corrected chi connectivity index (χ3v) is 3.53. The Morgan fingerprint density at radius 2 is 2.12 bits per heavy atom. The van der Waals surface area contributed by atoms with E-state index in [4.69, 9.17) is 0 Å². The first-order chi connectivity index (χ1) is 7.75. The number of rotatable bonds is 7. The number of nitrogens with one attached hydrogen (secondary N) is 1. The number of unbranched alkanes of at least 4 members (excludes halogenated alkanes) is 3. The van der Waals surface area contributed by atoms with E-state index in [1.807, 2.05) is 6.08 Å². The minimum Gasteiger partial charge on any atom is -0.385 e. The number of allylic oxidation sites excluding steroid dienone is 1. The van der Waals surface area contributed by atoms with Crippen molar-refractivity contribution in [2.24, 2.45) is 0 Å². The van der Waals surface area contributed by atoms with Gasteiger partial charge in [0, 0.05) is 16.7 Å². The van der Waals surface area contributed by atoms with E-state index in [-0.39, 0.29) is 0 Å². The number of hydrogen-bond acceptors (Lipinski definition) is 1. The maximum absolute atomic E-state index is 3.73. The van der Waals surface area contributed by atoms with Gasteiger partial charge in [0.25, 0.3) is 0 Å². The molecule has 1 N–H and O–H groups in total. The van der Waals surface area contributed by atoms with Gasteiger partial charge in [-0.25, -0.2) is 0 Å². The Morgan fingerprint density at radius 3 is 2.88 bits per heavy atom. The fourth-order valence-corrected chi connectivity index (χ4v) is 1.98. The molecule has 0 radical (unpaired) electrons. The molecule has 2 heteroatoms. The molecule has 1 nitrogen and oxygen atoms in total. The largest absolute Gasteiger partial charge is 0.385 e. The Hall–Kier alpha value is -0.760. The van der Waals surface area contributed by atoms with Gasteiger partial charge in [0.2, 0.25) is 0 Å². The van der Waals surface area contributed by atoms with Gasteiger partial charge in [0.05, 0.1) is 0 Å². The van der Waals surface area contributed by atoms with Crippen LogP contribution >= 0.6 is 15.9 Å². The summed E-state index contributed by atoms with van der Waals surface area (Å²) in [4.78, 5) is 0. The fourth-order valence-electron chi connectivity index (χ4n) is 1.61. The summed E-state index contributed by atoms with van der Waals surface area (Å²) in [6.07, 6.45) is 6.87. The molecule has 0 aliphatic heterocycles. The van der Waals surface area contributed by atoms with Crippen molar-refractivity contribution >= 4 is 21.6 Å². The molecule has 1 aromatic rings. The number of halogens is 1. The molecule has 1 aromatic carbocycles. The van der Waals surface area contributed by atoms with E-state index >= 15 is 0 Å². The van der Waals surface area contributed by atoms with Crippen molar-refractivity contribution in [1.82, 2.24) is 0 Å². The van der Waals surface area contributed by atoms with Crippen LogP contribution in [0, 0.1) is 6.92 Å². The lowest BCUT2D eigenvalue weighted by atomic mass is 10.1. The van der Waals surface area contributed by atoms with Gasteiger partial charge in [0.15, 0.2) is 0 Å². The van der Waals surface area contributed by atoms with Gasteiger partial charge in [-0.05, 0) is 43.9 Å². The zero-order valence-corrected chi connectivity index (χ0v) is 11.5. The molecule has 0 spiro atoms. The van der Waals surface area contributed by atoms with Crippen LogP contribution in [0.2, 0.25) is 0 Å². The topological polar surface area (TPSA) is 12.0 Å². The molecule has 0 aliphatic carbocycles. The van der Waals surface area contributed by atoms with E-state index in [9.17, 15) is 0 Å². The molecule has 16 heavy (non-hydrogen) atoms. The molecule has 0 unspecified atom stereocenters. The summed E-state index contributed by atoms with van der Waals surface area (Å²) in [6, 6.07) is 6.27. The van der Waals surface area contributed by atoms with Crippen LogP contribution < -0.4 is 5.32 Å². The molecule has 0 saturated heterocycles. The summed E-state index contributed by atoms with van der Waals surface area (Å²) >= 11 is 3.54. The Morgan fingerprint density at radius 1 is 1.31 bits per heavy atom. The molecular weight excluding hydrogens is 262 g/mol. The number of benzene rings is 1. The SMILES string of the molecule is C=CCCCCCNc1cccc(Br)c1C. The average Bonchev–Trinajstić information content (AvgIpc) is 2.29. The van der Waals surface area contributed by atoms with E-state index in [2.05, 4.69) is 52.9 Å². The number of hydrogen-bond donors (Lipinski definition) is 1. The van der Waals surface area contributed by atoms with Gasteiger partial charge in [-0.3, -0.25) is 0 Å². The van der Waals surface area contributed by atoms with Gasteiger partial charge in [0.1, 0.15) is 0 Å². The lowest BCUT2D eigenvalue weighted by molar-refractivity contribution is 0.708. The second-order valence-corrected chi connectivity index (χ2v) is 4.83. The van der Waals surface area contributed by atoms with Gasteiger partial charge >= 0.3 is 0 Å². The highest BCUT2D eigenvalue weighted by molar-refractivity contribution is 9.10. The predicted molar refractivity (Wildman–Crippen MR) is 76.0 cm³/mol. The van der Waals surface area contributed by atoms with E-state index in [1.54, 1.807) is 0 Å². The minimum atomic E-state index is 1.05. The maximum atomic E-state index is 3.73. The van der Waals surface area contributed by atoms with Crippen molar-refractivity contribution in [2.75, 3.05) is 11.9 Å². The van der Waals surface area contributed by atoms with Crippen LogP contribution in [0.1, 0.15) is 31.2 Å². The molecular formula is C14H20BrN. The summed E-state index contributed by atoms with van der Waals surface area (Å²) in [5.74, 6) is 0. The van der Waals surface area contributed by atoms with Crippen molar-refractivity contribution in [1.29, 1.82) is 0 Å². The highest BCUT2D eigenvalue weighted by Gasteiger charge is 1.99. The van der Waals surface area contributed by atoms with Crippen LogP contribution in [0.4, 0.5) is 5.69 Å². The van der Waals surface area contributed by atoms with E-state index in [1.165, 1.54) is 35.0 Å². The number of anilines is 1. The zero-order chi connectivity index (χ0) is 11.8. The zero-order valence-electron chi connectivity index (χ0n) is 9.93. The lowest BCUT2D eigenvalue weighted by Gasteiger charge is -2.10. The molecule has 0 aromatic heterocycles. The van der Waals surface area contributed by atoms with Crippen LogP contribution in [0.15, 0.2) is 35.3 Å². The summed E-state index contributed by atoms with van der Waals surface area (Å²) in [7, 11) is 0. The molecule has 0 amide bonds.